The van der Waals surface area contributed by atoms with Gasteiger partial charge >= 0.3 is 0 Å². The third-order valence-corrected chi connectivity index (χ3v) is 8.05. The van der Waals surface area contributed by atoms with Gasteiger partial charge in [0.2, 0.25) is 10.0 Å². The number of aromatic hydroxyl groups is 1. The van der Waals surface area contributed by atoms with Crippen LogP contribution in [0.15, 0.2) is 12.1 Å². The summed E-state index contributed by atoms with van der Waals surface area (Å²) in [7, 11) is -3.20. The molecule has 0 radical (unpaired) electrons. The van der Waals surface area contributed by atoms with Gasteiger partial charge in [-0.3, -0.25) is 0 Å². The molecule has 1 atom stereocenters. The van der Waals surface area contributed by atoms with Crippen LogP contribution in [0.2, 0.25) is 10.0 Å². The van der Waals surface area contributed by atoms with Crippen molar-refractivity contribution in [1.29, 1.82) is 0 Å². The molecule has 0 aromatic heterocycles. The van der Waals surface area contributed by atoms with Crippen LogP contribution in [0, 0.1) is 5.92 Å². The molecule has 2 fully saturated rings. The number of phenolic OH excluding ortho intramolecular Hbond substituents is 1. The number of benzene rings is 1. The molecule has 24 heavy (non-hydrogen) atoms. The molecule has 2 saturated heterocycles. The highest BCUT2D eigenvalue weighted by Gasteiger charge is 2.36. The molecule has 2 N–H and O–H groups in total. The van der Waals surface area contributed by atoms with Crippen LogP contribution in [0.5, 0.6) is 5.75 Å². The van der Waals surface area contributed by atoms with Crippen molar-refractivity contribution in [3.8, 4) is 5.75 Å². The van der Waals surface area contributed by atoms with Crippen LogP contribution >= 0.6 is 23.2 Å². The third-order valence-electron chi connectivity index (χ3n) is 5.00. The molecule has 0 bridgehead atoms. The van der Waals surface area contributed by atoms with E-state index in [-0.39, 0.29) is 11.0 Å². The first-order chi connectivity index (χ1) is 11.4. The number of halogens is 2. The highest BCUT2D eigenvalue weighted by molar-refractivity contribution is 7.89. The largest absolute Gasteiger partial charge is 0.508 e. The van der Waals surface area contributed by atoms with E-state index in [0.29, 0.717) is 48.4 Å². The number of sulfonamides is 1. The van der Waals surface area contributed by atoms with Crippen LogP contribution in [-0.4, -0.2) is 49.3 Å². The minimum absolute atomic E-state index is 0.150. The lowest BCUT2D eigenvalue weighted by Gasteiger charge is -2.33. The summed E-state index contributed by atoms with van der Waals surface area (Å²) < 4.78 is 26.8. The van der Waals surface area contributed by atoms with E-state index in [0.717, 1.165) is 24.9 Å². The number of piperidine rings is 1. The zero-order chi connectivity index (χ0) is 17.3. The summed E-state index contributed by atoms with van der Waals surface area (Å²) in [6.07, 6.45) is 2.96. The Morgan fingerprint density at radius 2 is 1.83 bits per heavy atom. The smallest absolute Gasteiger partial charge is 0.218 e. The fraction of sp³-hybridized carbons (Fsp3) is 0.625. The summed E-state index contributed by atoms with van der Waals surface area (Å²) in [5.74, 6) is 0.484. The summed E-state index contributed by atoms with van der Waals surface area (Å²) in [4.78, 5) is 0. The van der Waals surface area contributed by atoms with Gasteiger partial charge in [0.1, 0.15) is 5.75 Å². The summed E-state index contributed by atoms with van der Waals surface area (Å²) >= 11 is 11.9. The van der Waals surface area contributed by atoms with Gasteiger partial charge in [0.05, 0.1) is 15.3 Å². The highest BCUT2D eigenvalue weighted by Crippen LogP contribution is 2.33. The van der Waals surface area contributed by atoms with E-state index in [4.69, 9.17) is 23.2 Å². The Morgan fingerprint density at radius 3 is 2.46 bits per heavy atom. The zero-order valence-corrected chi connectivity index (χ0v) is 15.7. The quantitative estimate of drug-likeness (QED) is 0.825. The van der Waals surface area contributed by atoms with Crippen molar-refractivity contribution in [3.05, 3.63) is 27.7 Å². The number of phenols is 1. The predicted molar refractivity (Wildman–Crippen MR) is 96.3 cm³/mol. The van der Waals surface area contributed by atoms with Crippen molar-refractivity contribution in [2.24, 2.45) is 5.92 Å². The van der Waals surface area contributed by atoms with Crippen molar-refractivity contribution < 1.29 is 13.5 Å². The van der Waals surface area contributed by atoms with Gasteiger partial charge in [-0.05, 0) is 49.8 Å². The van der Waals surface area contributed by atoms with Crippen molar-refractivity contribution in [3.63, 3.8) is 0 Å². The molecule has 5 nitrogen and oxygen atoms in total. The molecule has 1 aromatic carbocycles. The van der Waals surface area contributed by atoms with Crippen LogP contribution < -0.4 is 5.32 Å². The Morgan fingerprint density at radius 1 is 1.17 bits per heavy atom. The second kappa shape index (κ2) is 7.38. The summed E-state index contributed by atoms with van der Waals surface area (Å²) in [5.41, 5.74) is 0.769. The minimum Gasteiger partial charge on any atom is -0.508 e. The molecule has 0 aliphatic carbocycles. The van der Waals surface area contributed by atoms with E-state index in [1.165, 1.54) is 6.07 Å². The molecule has 2 aliphatic rings. The van der Waals surface area contributed by atoms with Crippen molar-refractivity contribution >= 4 is 33.2 Å². The maximum atomic E-state index is 12.6. The van der Waals surface area contributed by atoms with Gasteiger partial charge in [0, 0.05) is 25.7 Å². The summed E-state index contributed by atoms with van der Waals surface area (Å²) in [6.45, 7) is 2.42. The molecule has 0 spiro atoms. The van der Waals surface area contributed by atoms with E-state index in [9.17, 15) is 13.5 Å². The Hall–Kier alpha value is -0.530. The standard InChI is InChI=1S/C16H22Cl2N2O3S/c17-14-8-12(16(21)9-15(14)18)7-11-2-5-20(6-3-11)24(22,23)13-1-4-19-10-13/h8-9,11,13,19,21H,1-7,10H2. The minimum atomic E-state index is -3.20. The number of hydrogen-bond donors (Lipinski definition) is 2. The van der Waals surface area contributed by atoms with Crippen LogP contribution in [0.1, 0.15) is 24.8 Å². The lowest BCUT2D eigenvalue weighted by molar-refractivity contribution is 0.269. The van der Waals surface area contributed by atoms with E-state index >= 15 is 0 Å². The monoisotopic (exact) mass is 392 g/mol. The highest BCUT2D eigenvalue weighted by atomic mass is 35.5. The predicted octanol–water partition coefficient (Wildman–Crippen LogP) is 2.65. The van der Waals surface area contributed by atoms with Gasteiger partial charge in [-0.25, -0.2) is 12.7 Å². The lowest BCUT2D eigenvalue weighted by atomic mass is 9.90. The van der Waals surface area contributed by atoms with Crippen LogP contribution in [0.4, 0.5) is 0 Å². The van der Waals surface area contributed by atoms with Crippen LogP contribution in [0.3, 0.4) is 0 Å². The van der Waals surface area contributed by atoms with Crippen molar-refractivity contribution in [2.75, 3.05) is 26.2 Å². The SMILES string of the molecule is O=S(=O)(C1CCNC1)N1CCC(Cc2cc(Cl)c(Cl)cc2O)CC1. The van der Waals surface area contributed by atoms with Gasteiger partial charge < -0.3 is 10.4 Å². The van der Waals surface area contributed by atoms with Gasteiger partial charge in [-0.2, -0.15) is 0 Å². The van der Waals surface area contributed by atoms with Gasteiger partial charge in [-0.15, -0.1) is 0 Å². The zero-order valence-electron chi connectivity index (χ0n) is 13.3. The molecule has 0 saturated carbocycles. The summed E-state index contributed by atoms with van der Waals surface area (Å²) in [5, 5.41) is 13.6. The molecule has 2 heterocycles. The first kappa shape index (κ1) is 18.3. The topological polar surface area (TPSA) is 69.6 Å². The normalized spacial score (nSPS) is 23.7. The molecule has 2 aliphatic heterocycles. The Kier molecular flexibility index (Phi) is 5.62. The van der Waals surface area contributed by atoms with Crippen molar-refractivity contribution in [1.82, 2.24) is 9.62 Å². The van der Waals surface area contributed by atoms with Gasteiger partial charge in [-0.1, -0.05) is 23.2 Å². The average molecular weight is 393 g/mol. The first-order valence-electron chi connectivity index (χ1n) is 8.24. The number of hydrogen-bond acceptors (Lipinski definition) is 4. The molecule has 0 amide bonds. The molecule has 134 valence electrons. The third kappa shape index (κ3) is 3.83. The van der Waals surface area contributed by atoms with Crippen LogP contribution in [-0.2, 0) is 16.4 Å². The maximum Gasteiger partial charge on any atom is 0.218 e. The molecule has 1 unspecified atom stereocenters. The number of nitrogens with one attached hydrogen (secondary N) is 1. The molecular formula is C16H22Cl2N2O3S. The Bertz CT molecular complexity index is 698. The second-order valence-electron chi connectivity index (χ2n) is 6.60. The molecule has 3 rings (SSSR count). The van der Waals surface area contributed by atoms with Crippen molar-refractivity contribution in [2.45, 2.75) is 30.9 Å². The first-order valence-corrected chi connectivity index (χ1v) is 10.5. The molecule has 1 aromatic rings. The fourth-order valence-corrected chi connectivity index (χ4v) is 5.74. The fourth-order valence-electron chi connectivity index (χ4n) is 3.51. The Balaban J connectivity index is 1.60. The average Bonchev–Trinajstić information content (AvgIpc) is 3.08. The van der Waals surface area contributed by atoms with Gasteiger partial charge in [0.25, 0.3) is 0 Å². The maximum absolute atomic E-state index is 12.6. The van der Waals surface area contributed by atoms with E-state index in [1.807, 2.05) is 0 Å². The lowest BCUT2D eigenvalue weighted by Crippen LogP contribution is -2.44. The number of nitrogens with zero attached hydrogens (tertiary/aromatic N) is 1. The van der Waals surface area contributed by atoms with E-state index in [1.54, 1.807) is 10.4 Å². The second-order valence-corrected chi connectivity index (χ2v) is 9.63. The van der Waals surface area contributed by atoms with E-state index in [2.05, 4.69) is 5.32 Å². The van der Waals surface area contributed by atoms with E-state index < -0.39 is 10.0 Å². The van der Waals surface area contributed by atoms with Gasteiger partial charge in [0.15, 0.2) is 0 Å². The summed E-state index contributed by atoms with van der Waals surface area (Å²) in [6, 6.07) is 3.17. The molecule has 8 heteroatoms. The van der Waals surface area contributed by atoms with Crippen LogP contribution in [0.25, 0.3) is 0 Å². The molecular weight excluding hydrogens is 371 g/mol. The number of rotatable bonds is 4. The Labute approximate surface area is 153 Å².